The van der Waals surface area contributed by atoms with Crippen molar-refractivity contribution in [1.82, 2.24) is 0 Å². The van der Waals surface area contributed by atoms with Crippen molar-refractivity contribution in [1.29, 1.82) is 0 Å². The van der Waals surface area contributed by atoms with Crippen LogP contribution >= 0.6 is 7.92 Å². The van der Waals surface area contributed by atoms with Crippen molar-refractivity contribution in [3.63, 3.8) is 0 Å². The van der Waals surface area contributed by atoms with Gasteiger partial charge in [-0.1, -0.05) is 146 Å². The SMILES string of the molecule is c1ccc2c(c1)cc(P(c1cc3ccccc3c3ccccc13)c1cc3ccccc3c3ccccc13)c1ccccc12. The Hall–Kier alpha value is -5.03. The van der Waals surface area contributed by atoms with Crippen molar-refractivity contribution >= 4 is 88.5 Å². The van der Waals surface area contributed by atoms with E-state index in [-0.39, 0.29) is 0 Å². The Morgan fingerprint density at radius 2 is 0.465 bits per heavy atom. The van der Waals surface area contributed by atoms with Gasteiger partial charge in [0.15, 0.2) is 0 Å². The minimum atomic E-state index is -0.965. The van der Waals surface area contributed by atoms with E-state index in [1.54, 1.807) is 0 Å². The Morgan fingerprint density at radius 3 is 0.767 bits per heavy atom. The second-order valence-corrected chi connectivity index (χ2v) is 13.4. The van der Waals surface area contributed by atoms with Crippen LogP contribution in [0.3, 0.4) is 0 Å². The first-order valence-electron chi connectivity index (χ1n) is 14.9. The highest BCUT2D eigenvalue weighted by Crippen LogP contribution is 2.44. The molecule has 200 valence electrons. The number of fused-ring (bicyclic) bond motifs is 9. The maximum Gasteiger partial charge on any atom is -0.00658 e. The zero-order chi connectivity index (χ0) is 28.3. The van der Waals surface area contributed by atoms with E-state index < -0.39 is 7.92 Å². The zero-order valence-electron chi connectivity index (χ0n) is 23.5. The second kappa shape index (κ2) is 9.77. The Labute approximate surface area is 251 Å². The lowest BCUT2D eigenvalue weighted by Gasteiger charge is -2.26. The molecule has 0 heterocycles. The monoisotopic (exact) mass is 562 g/mol. The molecule has 0 unspecified atom stereocenters. The number of benzene rings is 9. The second-order valence-electron chi connectivity index (χ2n) is 11.3. The van der Waals surface area contributed by atoms with Crippen LogP contribution in [-0.2, 0) is 0 Å². The van der Waals surface area contributed by atoms with Crippen LogP contribution in [0.2, 0.25) is 0 Å². The molecule has 0 aliphatic carbocycles. The molecule has 0 saturated carbocycles. The topological polar surface area (TPSA) is 0 Å². The largest absolute Gasteiger partial charge is 0.0616 e. The molecule has 0 radical (unpaired) electrons. The van der Waals surface area contributed by atoms with Gasteiger partial charge in [0.2, 0.25) is 0 Å². The zero-order valence-corrected chi connectivity index (χ0v) is 24.4. The van der Waals surface area contributed by atoms with E-state index >= 15 is 0 Å². The van der Waals surface area contributed by atoms with Gasteiger partial charge in [-0.15, -0.1) is 0 Å². The number of hydrogen-bond donors (Lipinski definition) is 0. The van der Waals surface area contributed by atoms with Crippen LogP contribution < -0.4 is 15.9 Å². The predicted octanol–water partition coefficient (Wildman–Crippen LogP) is 10.4. The summed E-state index contributed by atoms with van der Waals surface area (Å²) < 4.78 is 0. The lowest BCUT2D eigenvalue weighted by atomic mass is 10.0. The Balaban J connectivity index is 1.51. The molecule has 0 amide bonds. The van der Waals surface area contributed by atoms with Gasteiger partial charge in [0.1, 0.15) is 0 Å². The highest BCUT2D eigenvalue weighted by atomic mass is 31.1. The van der Waals surface area contributed by atoms with Gasteiger partial charge in [-0.05, 0) is 107 Å². The summed E-state index contributed by atoms with van der Waals surface area (Å²) >= 11 is 0. The molecular formula is C42H27P. The number of hydrogen-bond acceptors (Lipinski definition) is 0. The molecule has 1 heteroatoms. The minimum absolute atomic E-state index is 0.965. The van der Waals surface area contributed by atoms with E-state index in [9.17, 15) is 0 Å². The van der Waals surface area contributed by atoms with Gasteiger partial charge >= 0.3 is 0 Å². The van der Waals surface area contributed by atoms with Crippen molar-refractivity contribution < 1.29 is 0 Å². The first-order chi connectivity index (χ1) is 21.3. The van der Waals surface area contributed by atoms with E-state index in [1.807, 2.05) is 0 Å². The van der Waals surface area contributed by atoms with Crippen LogP contribution in [0.15, 0.2) is 164 Å². The molecule has 0 aromatic heterocycles. The fourth-order valence-corrected chi connectivity index (χ4v) is 9.94. The maximum atomic E-state index is 2.48. The van der Waals surface area contributed by atoms with Gasteiger partial charge in [0.05, 0.1) is 0 Å². The van der Waals surface area contributed by atoms with Gasteiger partial charge in [-0.3, -0.25) is 0 Å². The molecule has 0 N–H and O–H groups in total. The fraction of sp³-hybridized carbons (Fsp3) is 0. The molecular weight excluding hydrogens is 535 g/mol. The standard InChI is InChI=1S/C42H27P/c1-4-16-31-28(13-1)25-40(37-22-10-7-19-34(31)37)43(41-26-29-14-2-5-17-32(29)35-20-8-11-23-38(35)41)42-27-30-15-3-6-18-33(30)36-21-9-12-24-39(36)42/h1-27H. The van der Waals surface area contributed by atoms with Crippen molar-refractivity contribution in [2.24, 2.45) is 0 Å². The van der Waals surface area contributed by atoms with Gasteiger partial charge in [-0.25, -0.2) is 0 Å². The van der Waals surface area contributed by atoms with E-state index in [0.29, 0.717) is 0 Å². The van der Waals surface area contributed by atoms with Crippen molar-refractivity contribution in [3.05, 3.63) is 164 Å². The third-order valence-corrected chi connectivity index (χ3v) is 11.5. The first kappa shape index (κ1) is 24.6. The van der Waals surface area contributed by atoms with Crippen LogP contribution in [0, 0.1) is 0 Å². The molecule has 0 aliphatic rings. The molecule has 43 heavy (non-hydrogen) atoms. The summed E-state index contributed by atoms with van der Waals surface area (Å²) in [6, 6.07) is 61.1. The molecule has 0 atom stereocenters. The lowest BCUT2D eigenvalue weighted by molar-refractivity contribution is 1.77. The average Bonchev–Trinajstić information content (AvgIpc) is 3.08. The lowest BCUT2D eigenvalue weighted by Crippen LogP contribution is -2.23. The maximum absolute atomic E-state index is 2.48. The minimum Gasteiger partial charge on any atom is -0.0616 e. The van der Waals surface area contributed by atoms with Gasteiger partial charge in [-0.2, -0.15) is 0 Å². The van der Waals surface area contributed by atoms with Crippen LogP contribution in [0.25, 0.3) is 64.6 Å². The molecule has 9 aromatic rings. The third kappa shape index (κ3) is 3.81. The molecule has 0 saturated heterocycles. The summed E-state index contributed by atoms with van der Waals surface area (Å²) in [4.78, 5) is 0. The summed E-state index contributed by atoms with van der Waals surface area (Å²) in [6.07, 6.45) is 0. The smallest absolute Gasteiger partial charge is 0.00658 e. The van der Waals surface area contributed by atoms with Crippen LogP contribution in [-0.4, -0.2) is 0 Å². The fourth-order valence-electron chi connectivity index (χ4n) is 7.05. The van der Waals surface area contributed by atoms with E-state index in [4.69, 9.17) is 0 Å². The average molecular weight is 563 g/mol. The van der Waals surface area contributed by atoms with E-state index in [0.717, 1.165) is 0 Å². The van der Waals surface area contributed by atoms with Crippen LogP contribution in [0.1, 0.15) is 0 Å². The van der Waals surface area contributed by atoms with Crippen LogP contribution in [0.5, 0.6) is 0 Å². The molecule has 0 fully saturated rings. The van der Waals surface area contributed by atoms with Crippen molar-refractivity contribution in [2.45, 2.75) is 0 Å². The van der Waals surface area contributed by atoms with Crippen molar-refractivity contribution in [2.75, 3.05) is 0 Å². The molecule has 0 bridgehead atoms. The predicted molar refractivity (Wildman–Crippen MR) is 190 cm³/mol. The highest BCUT2D eigenvalue weighted by molar-refractivity contribution is 7.81. The van der Waals surface area contributed by atoms with Crippen molar-refractivity contribution in [3.8, 4) is 0 Å². The summed E-state index contributed by atoms with van der Waals surface area (Å²) in [5, 5.41) is 20.0. The Kier molecular flexibility index (Phi) is 5.58. The Morgan fingerprint density at radius 1 is 0.233 bits per heavy atom. The van der Waals surface area contributed by atoms with Gasteiger partial charge in [0.25, 0.3) is 0 Å². The summed E-state index contributed by atoms with van der Waals surface area (Å²) in [6.45, 7) is 0. The van der Waals surface area contributed by atoms with E-state index in [2.05, 4.69) is 164 Å². The van der Waals surface area contributed by atoms with Gasteiger partial charge in [0, 0.05) is 0 Å². The third-order valence-electron chi connectivity index (χ3n) is 8.96. The molecule has 0 spiro atoms. The summed E-state index contributed by atoms with van der Waals surface area (Å²) in [5.41, 5.74) is 0. The Bertz CT molecular complexity index is 2240. The normalized spacial score (nSPS) is 11.9. The van der Waals surface area contributed by atoms with Crippen LogP contribution in [0.4, 0.5) is 0 Å². The summed E-state index contributed by atoms with van der Waals surface area (Å²) in [5.74, 6) is 0. The number of rotatable bonds is 3. The quantitative estimate of drug-likeness (QED) is 0.148. The first-order valence-corrected chi connectivity index (χ1v) is 16.2. The molecule has 0 aliphatic heterocycles. The molecule has 9 rings (SSSR count). The molecule has 0 nitrogen and oxygen atoms in total. The molecule has 9 aromatic carbocycles. The summed E-state index contributed by atoms with van der Waals surface area (Å²) in [7, 11) is -0.965. The van der Waals surface area contributed by atoms with Gasteiger partial charge < -0.3 is 0 Å². The highest BCUT2D eigenvalue weighted by Gasteiger charge is 2.25. The van der Waals surface area contributed by atoms with E-state index in [1.165, 1.54) is 80.5 Å².